The highest BCUT2D eigenvalue weighted by Crippen LogP contribution is 2.33. The minimum Gasteiger partial charge on any atom is -0.309 e. The van der Waals surface area contributed by atoms with Crippen molar-refractivity contribution in [3.8, 4) is 0 Å². The summed E-state index contributed by atoms with van der Waals surface area (Å²) in [5, 5.41) is 4.38. The molecule has 1 unspecified atom stereocenters. The van der Waals surface area contributed by atoms with Crippen LogP contribution < -0.4 is 5.32 Å². The van der Waals surface area contributed by atoms with Crippen molar-refractivity contribution in [1.82, 2.24) is 10.3 Å². The molecule has 0 saturated heterocycles. The molecule has 0 spiro atoms. The highest BCUT2D eigenvalue weighted by molar-refractivity contribution is 8.00. The molecule has 1 fully saturated rings. The van der Waals surface area contributed by atoms with E-state index in [0.717, 1.165) is 18.2 Å². The van der Waals surface area contributed by atoms with Crippen LogP contribution in [0.5, 0.6) is 0 Å². The van der Waals surface area contributed by atoms with Gasteiger partial charge in [-0.3, -0.25) is 4.98 Å². The van der Waals surface area contributed by atoms with Gasteiger partial charge in [0.15, 0.2) is 0 Å². The van der Waals surface area contributed by atoms with Gasteiger partial charge in [0, 0.05) is 22.4 Å². The molecule has 3 heteroatoms. The van der Waals surface area contributed by atoms with Crippen molar-refractivity contribution in [3.05, 3.63) is 24.0 Å². The Morgan fingerprint density at radius 1 is 1.25 bits per heavy atom. The summed E-state index contributed by atoms with van der Waals surface area (Å²) < 4.78 is 0. The fourth-order valence-corrected chi connectivity index (χ4v) is 4.03. The summed E-state index contributed by atoms with van der Waals surface area (Å²) >= 11 is 2.03. The number of nitrogens with one attached hydrogen (secondary N) is 1. The molecule has 1 aromatic heterocycles. The normalized spacial score (nSPS) is 18.1. The maximum absolute atomic E-state index is 4.68. The number of rotatable bonds is 7. The van der Waals surface area contributed by atoms with E-state index in [1.807, 2.05) is 11.8 Å². The molecule has 1 atom stereocenters. The van der Waals surface area contributed by atoms with Gasteiger partial charge in [0.1, 0.15) is 0 Å². The van der Waals surface area contributed by atoms with E-state index in [2.05, 4.69) is 42.5 Å². The molecule has 0 bridgehead atoms. The molecule has 112 valence electrons. The molecule has 2 rings (SSSR count). The van der Waals surface area contributed by atoms with Crippen molar-refractivity contribution in [2.45, 2.75) is 75.0 Å². The summed E-state index contributed by atoms with van der Waals surface area (Å²) in [5.41, 5.74) is 1.19. The molecule has 0 radical (unpaired) electrons. The van der Waals surface area contributed by atoms with Crippen molar-refractivity contribution in [1.29, 1.82) is 0 Å². The number of hydrogen-bond acceptors (Lipinski definition) is 3. The molecule has 1 N–H and O–H groups in total. The van der Waals surface area contributed by atoms with Crippen LogP contribution in [0.15, 0.2) is 23.2 Å². The fourth-order valence-electron chi connectivity index (χ4n) is 2.82. The second kappa shape index (κ2) is 8.68. The molecule has 1 aliphatic carbocycles. The van der Waals surface area contributed by atoms with Crippen molar-refractivity contribution < 1.29 is 0 Å². The first-order valence-corrected chi connectivity index (χ1v) is 9.07. The van der Waals surface area contributed by atoms with Crippen LogP contribution in [-0.4, -0.2) is 16.8 Å². The van der Waals surface area contributed by atoms with Gasteiger partial charge < -0.3 is 5.32 Å². The number of thioether (sulfide) groups is 1. The van der Waals surface area contributed by atoms with Gasteiger partial charge in [-0.2, -0.15) is 0 Å². The number of pyridine rings is 1. The molecule has 1 aromatic rings. The Kier molecular flexibility index (Phi) is 6.88. The molecule has 20 heavy (non-hydrogen) atoms. The minimum absolute atomic E-state index is 0.406. The van der Waals surface area contributed by atoms with Crippen molar-refractivity contribution in [2.24, 2.45) is 0 Å². The van der Waals surface area contributed by atoms with Gasteiger partial charge in [-0.25, -0.2) is 0 Å². The highest BCUT2D eigenvalue weighted by Gasteiger charge is 2.15. The zero-order chi connectivity index (χ0) is 14.2. The third-order valence-corrected chi connectivity index (χ3v) is 5.34. The summed E-state index contributed by atoms with van der Waals surface area (Å²) in [4.78, 5) is 6.02. The highest BCUT2D eigenvalue weighted by atomic mass is 32.2. The van der Waals surface area contributed by atoms with Crippen LogP contribution in [0.4, 0.5) is 0 Å². The van der Waals surface area contributed by atoms with Gasteiger partial charge in [0.05, 0.1) is 5.69 Å². The molecule has 2 nitrogen and oxygen atoms in total. The van der Waals surface area contributed by atoms with Crippen LogP contribution >= 0.6 is 11.8 Å². The van der Waals surface area contributed by atoms with Crippen LogP contribution in [0.2, 0.25) is 0 Å². The fraction of sp³-hybridized carbons (Fsp3) is 0.706. The van der Waals surface area contributed by atoms with E-state index in [1.165, 1.54) is 49.1 Å². The maximum atomic E-state index is 4.68. The van der Waals surface area contributed by atoms with Gasteiger partial charge >= 0.3 is 0 Å². The summed E-state index contributed by atoms with van der Waals surface area (Å²) in [6.07, 6.45) is 11.3. The molecule has 1 aliphatic rings. The van der Waals surface area contributed by atoms with E-state index >= 15 is 0 Å². The van der Waals surface area contributed by atoms with Gasteiger partial charge in [-0.15, -0.1) is 11.8 Å². The number of hydrogen-bond donors (Lipinski definition) is 1. The first-order chi connectivity index (χ1) is 9.83. The Morgan fingerprint density at radius 3 is 2.65 bits per heavy atom. The molecular formula is C17H28N2S. The van der Waals surface area contributed by atoms with E-state index < -0.39 is 0 Å². The molecule has 1 heterocycles. The third kappa shape index (κ3) is 4.78. The predicted octanol–water partition coefficient (Wildman–Crippen LogP) is 4.96. The first-order valence-electron chi connectivity index (χ1n) is 8.19. The quantitative estimate of drug-likeness (QED) is 0.769. The predicted molar refractivity (Wildman–Crippen MR) is 88.3 cm³/mol. The second-order valence-corrected chi connectivity index (χ2v) is 7.09. The van der Waals surface area contributed by atoms with Crippen LogP contribution in [-0.2, 0) is 0 Å². The van der Waals surface area contributed by atoms with Gasteiger partial charge in [-0.05, 0) is 44.4 Å². The van der Waals surface area contributed by atoms with E-state index in [4.69, 9.17) is 0 Å². The van der Waals surface area contributed by atoms with E-state index in [9.17, 15) is 0 Å². The van der Waals surface area contributed by atoms with Crippen molar-refractivity contribution >= 4 is 11.8 Å². The first kappa shape index (κ1) is 15.8. The largest absolute Gasteiger partial charge is 0.309 e. The lowest BCUT2D eigenvalue weighted by atomic mass is 10.0. The summed E-state index contributed by atoms with van der Waals surface area (Å²) in [5.74, 6) is 0. The van der Waals surface area contributed by atoms with Crippen molar-refractivity contribution in [2.75, 3.05) is 6.54 Å². The third-order valence-electron chi connectivity index (χ3n) is 4.02. The molecule has 0 aliphatic heterocycles. The zero-order valence-corrected chi connectivity index (χ0v) is 13.7. The van der Waals surface area contributed by atoms with Crippen LogP contribution in [0.25, 0.3) is 0 Å². The Bertz CT molecular complexity index is 371. The smallest absolute Gasteiger partial charge is 0.0573 e. The van der Waals surface area contributed by atoms with Crippen LogP contribution in [0.3, 0.4) is 0 Å². The second-order valence-electron chi connectivity index (χ2n) is 5.71. The Morgan fingerprint density at radius 2 is 2.05 bits per heavy atom. The SMILES string of the molecule is CCCNC(CC)c1ccc(SC2CCCCC2)cn1. The van der Waals surface area contributed by atoms with E-state index in [0.29, 0.717) is 6.04 Å². The van der Waals surface area contributed by atoms with Gasteiger partial charge in [0.2, 0.25) is 0 Å². The standard InChI is InChI=1S/C17H28N2S/c1-3-12-18-16(4-2)17-11-10-15(13-19-17)20-14-8-6-5-7-9-14/h10-11,13-14,16,18H,3-9,12H2,1-2H3. The van der Waals surface area contributed by atoms with Crippen LogP contribution in [0, 0.1) is 0 Å². The Labute approximate surface area is 128 Å². The molecular weight excluding hydrogens is 264 g/mol. The molecule has 0 amide bonds. The average molecular weight is 292 g/mol. The van der Waals surface area contributed by atoms with Crippen molar-refractivity contribution in [3.63, 3.8) is 0 Å². The van der Waals surface area contributed by atoms with Gasteiger partial charge in [-0.1, -0.05) is 33.1 Å². The van der Waals surface area contributed by atoms with Crippen LogP contribution in [0.1, 0.15) is 70.5 Å². The summed E-state index contributed by atoms with van der Waals surface area (Å²) in [7, 11) is 0. The lowest BCUT2D eigenvalue weighted by molar-refractivity contribution is 0.506. The topological polar surface area (TPSA) is 24.9 Å². The molecule has 0 aromatic carbocycles. The number of nitrogens with zero attached hydrogens (tertiary/aromatic N) is 1. The lowest BCUT2D eigenvalue weighted by Gasteiger charge is -2.21. The minimum atomic E-state index is 0.406. The zero-order valence-electron chi connectivity index (χ0n) is 12.9. The summed E-state index contributed by atoms with van der Waals surface area (Å²) in [6, 6.07) is 4.88. The number of aromatic nitrogens is 1. The average Bonchev–Trinajstić information content (AvgIpc) is 2.50. The van der Waals surface area contributed by atoms with E-state index in [1.54, 1.807) is 0 Å². The van der Waals surface area contributed by atoms with E-state index in [-0.39, 0.29) is 0 Å². The molecule has 1 saturated carbocycles. The monoisotopic (exact) mass is 292 g/mol. The summed E-state index contributed by atoms with van der Waals surface area (Å²) in [6.45, 7) is 5.50. The lowest BCUT2D eigenvalue weighted by Crippen LogP contribution is -2.22. The Balaban J connectivity index is 1.90. The maximum Gasteiger partial charge on any atom is 0.0573 e. The van der Waals surface area contributed by atoms with Gasteiger partial charge in [0.25, 0.3) is 0 Å². The Hall–Kier alpha value is -0.540.